The summed E-state index contributed by atoms with van der Waals surface area (Å²) in [5, 5.41) is 22.3. The molecular weight excluding hydrogens is 444 g/mol. The van der Waals surface area contributed by atoms with Crippen LogP contribution >= 0.6 is 11.8 Å². The zero-order valence-electron chi connectivity index (χ0n) is 17.0. The maximum atomic E-state index is 11.0. The number of hydrogen-bond donors (Lipinski definition) is 0. The van der Waals surface area contributed by atoms with Crippen LogP contribution < -0.4 is 4.74 Å². The van der Waals surface area contributed by atoms with E-state index in [1.54, 1.807) is 18.2 Å². The van der Waals surface area contributed by atoms with Crippen LogP contribution in [0.3, 0.4) is 0 Å². The minimum Gasteiger partial charge on any atom is -0.439 e. The lowest BCUT2D eigenvalue weighted by atomic mass is 10.1. The van der Waals surface area contributed by atoms with E-state index in [9.17, 15) is 20.2 Å². The van der Waals surface area contributed by atoms with Crippen LogP contribution in [0.25, 0.3) is 11.3 Å². The van der Waals surface area contributed by atoms with Gasteiger partial charge in [-0.15, -0.1) is 0 Å². The van der Waals surface area contributed by atoms with Gasteiger partial charge in [-0.25, -0.2) is 4.98 Å². The fraction of sp³-hybridized carbons (Fsp3) is 0.0435. The van der Waals surface area contributed by atoms with Crippen molar-refractivity contribution < 1.29 is 14.6 Å². The van der Waals surface area contributed by atoms with Gasteiger partial charge in [0.1, 0.15) is 5.75 Å². The lowest BCUT2D eigenvalue weighted by Crippen LogP contribution is -1.96. The number of thioether (sulfide) groups is 1. The third kappa shape index (κ3) is 5.69. The highest BCUT2D eigenvalue weighted by Gasteiger charge is 2.12. The second kappa shape index (κ2) is 9.88. The highest BCUT2D eigenvalue weighted by atomic mass is 32.2. The zero-order chi connectivity index (χ0) is 23.2. The van der Waals surface area contributed by atoms with Gasteiger partial charge in [0.05, 0.1) is 15.5 Å². The number of hydrogen-bond acceptors (Lipinski definition) is 8. The van der Waals surface area contributed by atoms with Crippen molar-refractivity contribution in [3.8, 4) is 22.9 Å². The molecular formula is C23H16N4O5S. The van der Waals surface area contributed by atoms with Crippen LogP contribution in [0, 0.1) is 20.2 Å². The Morgan fingerprint density at radius 1 is 0.788 bits per heavy atom. The number of non-ortho nitro benzene ring substituents is 2. The second-order valence-electron chi connectivity index (χ2n) is 6.81. The largest absolute Gasteiger partial charge is 0.439 e. The monoisotopic (exact) mass is 460 g/mol. The number of rotatable bonds is 8. The summed E-state index contributed by atoms with van der Waals surface area (Å²) in [5.41, 5.74) is 2.26. The maximum absolute atomic E-state index is 11.0. The molecule has 0 N–H and O–H groups in total. The molecule has 0 saturated heterocycles. The van der Waals surface area contributed by atoms with Gasteiger partial charge >= 0.3 is 0 Å². The van der Waals surface area contributed by atoms with Gasteiger partial charge in [-0.05, 0) is 17.7 Å². The molecule has 0 aliphatic rings. The van der Waals surface area contributed by atoms with E-state index < -0.39 is 9.85 Å². The second-order valence-corrected chi connectivity index (χ2v) is 7.75. The number of ether oxygens (including phenoxy) is 1. The zero-order valence-corrected chi connectivity index (χ0v) is 17.8. The van der Waals surface area contributed by atoms with Gasteiger partial charge in [0.15, 0.2) is 5.16 Å². The van der Waals surface area contributed by atoms with Gasteiger partial charge in [-0.3, -0.25) is 20.2 Å². The summed E-state index contributed by atoms with van der Waals surface area (Å²) in [5.74, 6) is 1.10. The van der Waals surface area contributed by atoms with Crippen LogP contribution in [-0.4, -0.2) is 19.8 Å². The molecule has 0 amide bonds. The topological polar surface area (TPSA) is 121 Å². The SMILES string of the molecule is O=[N+]([O-])c1ccc(Oc2cc(-c3ccccc3)nc(SCc3cccc([N+](=O)[O-])c3)n2)cc1. The van der Waals surface area contributed by atoms with Crippen LogP contribution in [0.2, 0.25) is 0 Å². The molecule has 10 heteroatoms. The van der Waals surface area contributed by atoms with Gasteiger partial charge in [0.25, 0.3) is 11.4 Å². The number of nitro benzene ring substituents is 2. The van der Waals surface area contributed by atoms with Gasteiger partial charge in [-0.1, -0.05) is 54.2 Å². The molecule has 33 heavy (non-hydrogen) atoms. The average Bonchev–Trinajstić information content (AvgIpc) is 2.84. The van der Waals surface area contributed by atoms with E-state index in [4.69, 9.17) is 4.74 Å². The summed E-state index contributed by atoms with van der Waals surface area (Å²) >= 11 is 1.32. The quantitative estimate of drug-likeness (QED) is 0.135. The van der Waals surface area contributed by atoms with Crippen molar-refractivity contribution in [1.29, 1.82) is 0 Å². The van der Waals surface area contributed by atoms with Gasteiger partial charge < -0.3 is 4.74 Å². The van der Waals surface area contributed by atoms with Crippen LogP contribution in [0.5, 0.6) is 11.6 Å². The molecule has 0 saturated carbocycles. The minimum atomic E-state index is -0.482. The van der Waals surface area contributed by atoms with E-state index in [-0.39, 0.29) is 17.3 Å². The third-order valence-electron chi connectivity index (χ3n) is 4.51. The van der Waals surface area contributed by atoms with E-state index in [1.165, 1.54) is 48.2 Å². The highest BCUT2D eigenvalue weighted by molar-refractivity contribution is 7.98. The summed E-state index contributed by atoms with van der Waals surface area (Å²) < 4.78 is 5.84. The predicted octanol–water partition coefficient (Wildman–Crippen LogP) is 6.04. The van der Waals surface area contributed by atoms with Crippen molar-refractivity contribution in [3.05, 3.63) is 111 Å². The number of nitrogens with zero attached hydrogens (tertiary/aromatic N) is 4. The normalized spacial score (nSPS) is 10.5. The first-order chi connectivity index (χ1) is 16.0. The lowest BCUT2D eigenvalue weighted by Gasteiger charge is -2.09. The molecule has 4 aromatic rings. The summed E-state index contributed by atoms with van der Waals surface area (Å²) in [6.07, 6.45) is 0. The standard InChI is InChI=1S/C23H16N4O5S/c28-26(29)18-9-11-20(12-10-18)32-22-14-21(17-6-2-1-3-7-17)24-23(25-22)33-15-16-5-4-8-19(13-16)27(30)31/h1-14H,15H2. The molecule has 0 atom stereocenters. The Bertz CT molecular complexity index is 1300. The Morgan fingerprint density at radius 3 is 2.21 bits per heavy atom. The molecule has 1 aromatic heterocycles. The molecule has 0 aliphatic carbocycles. The molecule has 0 fully saturated rings. The molecule has 9 nitrogen and oxygen atoms in total. The molecule has 3 aromatic carbocycles. The Hall–Kier alpha value is -4.31. The first kappa shape index (κ1) is 21.9. The van der Waals surface area contributed by atoms with E-state index in [0.29, 0.717) is 22.4 Å². The molecule has 164 valence electrons. The smallest absolute Gasteiger partial charge is 0.269 e. The van der Waals surface area contributed by atoms with Gasteiger partial charge in [0.2, 0.25) is 5.88 Å². The summed E-state index contributed by atoms with van der Waals surface area (Å²) in [7, 11) is 0. The molecule has 0 radical (unpaired) electrons. The van der Waals surface area contributed by atoms with Crippen molar-refractivity contribution >= 4 is 23.1 Å². The Kier molecular flexibility index (Phi) is 6.56. The molecule has 0 bridgehead atoms. The summed E-state index contributed by atoms with van der Waals surface area (Å²) in [4.78, 5) is 30.0. The average molecular weight is 460 g/mol. The first-order valence-electron chi connectivity index (χ1n) is 9.71. The van der Waals surface area contributed by atoms with Crippen molar-refractivity contribution in [3.63, 3.8) is 0 Å². The maximum Gasteiger partial charge on any atom is 0.269 e. The molecule has 4 rings (SSSR count). The predicted molar refractivity (Wildman–Crippen MR) is 123 cm³/mol. The van der Waals surface area contributed by atoms with Crippen molar-refractivity contribution in [1.82, 2.24) is 9.97 Å². The third-order valence-corrected chi connectivity index (χ3v) is 5.43. The first-order valence-corrected chi connectivity index (χ1v) is 10.7. The molecule has 0 unspecified atom stereocenters. The van der Waals surface area contributed by atoms with E-state index >= 15 is 0 Å². The fourth-order valence-electron chi connectivity index (χ4n) is 2.94. The van der Waals surface area contributed by atoms with Crippen LogP contribution in [-0.2, 0) is 5.75 Å². The fourth-order valence-corrected chi connectivity index (χ4v) is 3.73. The molecule has 0 aliphatic heterocycles. The summed E-state index contributed by atoms with van der Waals surface area (Å²) in [6, 6.07) is 23.3. The van der Waals surface area contributed by atoms with E-state index in [2.05, 4.69) is 9.97 Å². The number of benzene rings is 3. The Balaban J connectivity index is 1.61. The van der Waals surface area contributed by atoms with Crippen LogP contribution in [0.1, 0.15) is 5.56 Å². The minimum absolute atomic E-state index is 0.0225. The number of aromatic nitrogens is 2. The Morgan fingerprint density at radius 2 is 1.52 bits per heavy atom. The van der Waals surface area contributed by atoms with E-state index in [0.717, 1.165) is 11.1 Å². The van der Waals surface area contributed by atoms with E-state index in [1.807, 2.05) is 30.3 Å². The number of nitro groups is 2. The van der Waals surface area contributed by atoms with Crippen molar-refractivity contribution in [2.24, 2.45) is 0 Å². The van der Waals surface area contributed by atoms with Gasteiger partial charge in [0, 0.05) is 41.6 Å². The van der Waals surface area contributed by atoms with Gasteiger partial charge in [-0.2, -0.15) is 4.98 Å². The Labute approximate surface area is 192 Å². The molecule has 0 spiro atoms. The lowest BCUT2D eigenvalue weighted by molar-refractivity contribution is -0.385. The summed E-state index contributed by atoms with van der Waals surface area (Å²) in [6.45, 7) is 0. The van der Waals surface area contributed by atoms with Crippen LogP contribution in [0.15, 0.2) is 90.1 Å². The van der Waals surface area contributed by atoms with Crippen molar-refractivity contribution in [2.75, 3.05) is 0 Å². The molecule has 1 heterocycles. The van der Waals surface area contributed by atoms with Crippen LogP contribution in [0.4, 0.5) is 11.4 Å². The van der Waals surface area contributed by atoms with Crippen molar-refractivity contribution in [2.45, 2.75) is 10.9 Å². The highest BCUT2D eigenvalue weighted by Crippen LogP contribution is 2.30.